The minimum Gasteiger partial charge on any atom is -0.508 e. The van der Waals surface area contributed by atoms with Crippen molar-refractivity contribution in [1.29, 1.82) is 0 Å². The molecule has 0 unspecified atom stereocenters. The lowest BCUT2D eigenvalue weighted by atomic mass is 10.1. The molecule has 0 aliphatic carbocycles. The van der Waals surface area contributed by atoms with Gasteiger partial charge in [0.05, 0.1) is 23.8 Å². The van der Waals surface area contributed by atoms with Crippen LogP contribution in [0.25, 0.3) is 28.2 Å². The summed E-state index contributed by atoms with van der Waals surface area (Å²) in [4.78, 5) is 8.82. The third kappa shape index (κ3) is 2.08. The molecule has 1 aromatic carbocycles. The van der Waals surface area contributed by atoms with Crippen molar-refractivity contribution in [3.05, 3.63) is 59.7 Å². The summed E-state index contributed by atoms with van der Waals surface area (Å²) in [5.41, 5.74) is 4.64. The quantitative estimate of drug-likeness (QED) is 0.611. The van der Waals surface area contributed by atoms with Crippen LogP contribution in [0.3, 0.4) is 0 Å². The van der Waals surface area contributed by atoms with E-state index in [1.165, 1.54) is 0 Å². The van der Waals surface area contributed by atoms with Gasteiger partial charge in [0.2, 0.25) is 0 Å². The molecule has 5 heteroatoms. The summed E-state index contributed by atoms with van der Waals surface area (Å²) in [5, 5.41) is 13.7. The highest BCUT2D eigenvalue weighted by Crippen LogP contribution is 2.26. The van der Waals surface area contributed by atoms with Crippen LogP contribution in [0.4, 0.5) is 0 Å². The van der Waals surface area contributed by atoms with Gasteiger partial charge >= 0.3 is 0 Å². The summed E-state index contributed by atoms with van der Waals surface area (Å²) in [6.07, 6.45) is 5.53. The molecule has 0 fully saturated rings. The molecule has 0 spiro atoms. The summed E-state index contributed by atoms with van der Waals surface area (Å²) in [5.74, 6) is 0.245. The van der Waals surface area contributed by atoms with E-state index in [9.17, 15) is 5.11 Å². The molecule has 1 N–H and O–H groups in total. The molecule has 3 heterocycles. The molecule has 102 valence electrons. The van der Waals surface area contributed by atoms with Crippen molar-refractivity contribution in [3.63, 3.8) is 0 Å². The van der Waals surface area contributed by atoms with Crippen molar-refractivity contribution >= 4 is 17.0 Å². The number of phenols is 1. The number of nitrogens with zero attached hydrogens (tertiary/aromatic N) is 3. The van der Waals surface area contributed by atoms with E-state index in [2.05, 4.69) is 15.3 Å². The second-order valence-electron chi connectivity index (χ2n) is 4.71. The first-order valence-corrected chi connectivity index (χ1v) is 7.40. The van der Waals surface area contributed by atoms with Crippen LogP contribution in [0.1, 0.15) is 0 Å². The van der Waals surface area contributed by atoms with Crippen molar-refractivity contribution < 1.29 is 5.11 Å². The fraction of sp³-hybridized carbons (Fsp3) is 0. The fourth-order valence-electron chi connectivity index (χ4n) is 2.33. The van der Waals surface area contributed by atoms with Crippen molar-refractivity contribution in [2.75, 3.05) is 0 Å². The zero-order valence-electron chi connectivity index (χ0n) is 11.0. The number of fused-ring (bicyclic) bond motifs is 1. The van der Waals surface area contributed by atoms with Crippen LogP contribution in [-0.4, -0.2) is 19.5 Å². The molecule has 3 aromatic heterocycles. The van der Waals surface area contributed by atoms with E-state index in [4.69, 9.17) is 0 Å². The van der Waals surface area contributed by atoms with E-state index in [1.54, 1.807) is 35.9 Å². The van der Waals surface area contributed by atoms with E-state index in [-0.39, 0.29) is 5.75 Å². The Balaban J connectivity index is 1.92. The molecule has 0 amide bonds. The van der Waals surface area contributed by atoms with Crippen LogP contribution in [0, 0.1) is 0 Å². The van der Waals surface area contributed by atoms with E-state index < -0.39 is 0 Å². The Morgan fingerprint density at radius 3 is 2.81 bits per heavy atom. The Bertz CT molecular complexity index is 912. The number of aromatic hydroxyl groups is 1. The summed E-state index contributed by atoms with van der Waals surface area (Å²) < 4.78 is 1.99. The lowest BCUT2D eigenvalue weighted by Gasteiger charge is -2.04. The minimum absolute atomic E-state index is 0.245. The largest absolute Gasteiger partial charge is 0.508 e. The third-order valence-electron chi connectivity index (χ3n) is 3.35. The van der Waals surface area contributed by atoms with Crippen LogP contribution in [0.5, 0.6) is 5.75 Å². The number of phenolic OH excluding ortho intramolecular Hbond substituents is 1. The number of rotatable bonds is 2. The predicted molar refractivity (Wildman–Crippen MR) is 83.4 cm³/mol. The Labute approximate surface area is 125 Å². The smallest absolute Gasteiger partial charge is 0.155 e. The molecule has 0 saturated carbocycles. The molecular formula is C16H11N3OS. The number of imidazole rings is 1. The first-order valence-electron chi connectivity index (χ1n) is 6.46. The highest BCUT2D eigenvalue weighted by molar-refractivity contribution is 7.08. The van der Waals surface area contributed by atoms with E-state index >= 15 is 0 Å². The van der Waals surface area contributed by atoms with Gasteiger partial charge in [0.1, 0.15) is 5.75 Å². The molecule has 21 heavy (non-hydrogen) atoms. The monoisotopic (exact) mass is 293 g/mol. The minimum atomic E-state index is 0.245. The second-order valence-corrected chi connectivity index (χ2v) is 5.49. The molecule has 0 radical (unpaired) electrons. The van der Waals surface area contributed by atoms with E-state index in [0.29, 0.717) is 0 Å². The molecule has 0 bridgehead atoms. The standard InChI is InChI=1S/C16H11N3OS/c20-13-3-1-2-11(6-13)15-7-18-16-8-17-14(9-19(15)16)12-4-5-21-10-12/h1-10,20H. The second kappa shape index (κ2) is 4.71. The summed E-state index contributed by atoms with van der Waals surface area (Å²) in [7, 11) is 0. The molecule has 4 nitrogen and oxygen atoms in total. The van der Waals surface area contributed by atoms with Crippen molar-refractivity contribution in [1.82, 2.24) is 14.4 Å². The Morgan fingerprint density at radius 1 is 1.05 bits per heavy atom. The highest BCUT2D eigenvalue weighted by atomic mass is 32.1. The van der Waals surface area contributed by atoms with Crippen LogP contribution >= 0.6 is 11.3 Å². The zero-order valence-corrected chi connectivity index (χ0v) is 11.8. The Hall–Kier alpha value is -2.66. The molecule has 0 aliphatic rings. The zero-order chi connectivity index (χ0) is 14.2. The lowest BCUT2D eigenvalue weighted by Crippen LogP contribution is -1.92. The van der Waals surface area contributed by atoms with Gasteiger partial charge < -0.3 is 5.11 Å². The summed E-state index contributed by atoms with van der Waals surface area (Å²) in [6.45, 7) is 0. The van der Waals surface area contributed by atoms with Gasteiger partial charge in [-0.15, -0.1) is 0 Å². The van der Waals surface area contributed by atoms with Gasteiger partial charge in [-0.2, -0.15) is 11.3 Å². The Kier molecular flexibility index (Phi) is 2.72. The fourth-order valence-corrected chi connectivity index (χ4v) is 2.98. The molecule has 0 atom stereocenters. The van der Waals surface area contributed by atoms with Gasteiger partial charge in [-0.1, -0.05) is 12.1 Å². The normalized spacial score (nSPS) is 11.0. The number of hydrogen-bond acceptors (Lipinski definition) is 4. The van der Waals surface area contributed by atoms with Gasteiger partial charge in [0, 0.05) is 22.7 Å². The number of hydrogen-bond donors (Lipinski definition) is 1. The molecule has 0 aliphatic heterocycles. The SMILES string of the molecule is Oc1cccc(-c2cnc3cnc(-c4ccsc4)cn23)c1. The van der Waals surface area contributed by atoms with Gasteiger partial charge in [0.25, 0.3) is 0 Å². The summed E-state index contributed by atoms with van der Waals surface area (Å²) >= 11 is 1.65. The number of thiophene rings is 1. The van der Waals surface area contributed by atoms with Crippen LogP contribution in [0.15, 0.2) is 59.7 Å². The summed E-state index contributed by atoms with van der Waals surface area (Å²) in [6, 6.07) is 9.21. The van der Waals surface area contributed by atoms with Gasteiger partial charge in [-0.05, 0) is 23.6 Å². The number of aromatic nitrogens is 3. The van der Waals surface area contributed by atoms with Crippen molar-refractivity contribution in [2.24, 2.45) is 0 Å². The first-order chi connectivity index (χ1) is 10.3. The van der Waals surface area contributed by atoms with Crippen molar-refractivity contribution in [2.45, 2.75) is 0 Å². The predicted octanol–water partition coefficient (Wildman–Crippen LogP) is 3.83. The lowest BCUT2D eigenvalue weighted by molar-refractivity contribution is 0.475. The molecule has 4 rings (SSSR count). The maximum absolute atomic E-state index is 9.65. The van der Waals surface area contributed by atoms with Gasteiger partial charge in [-0.3, -0.25) is 9.38 Å². The molecule has 0 saturated heterocycles. The van der Waals surface area contributed by atoms with Crippen LogP contribution < -0.4 is 0 Å². The maximum Gasteiger partial charge on any atom is 0.155 e. The third-order valence-corrected chi connectivity index (χ3v) is 4.04. The van der Waals surface area contributed by atoms with Gasteiger partial charge in [-0.25, -0.2) is 4.98 Å². The average molecular weight is 293 g/mol. The highest BCUT2D eigenvalue weighted by Gasteiger charge is 2.09. The first kappa shape index (κ1) is 12.1. The molecular weight excluding hydrogens is 282 g/mol. The van der Waals surface area contributed by atoms with Crippen molar-refractivity contribution in [3.8, 4) is 28.3 Å². The maximum atomic E-state index is 9.65. The van der Waals surface area contributed by atoms with E-state index in [1.807, 2.05) is 34.2 Å². The topological polar surface area (TPSA) is 50.4 Å². The average Bonchev–Trinajstić information content (AvgIpc) is 3.16. The van der Waals surface area contributed by atoms with E-state index in [0.717, 1.165) is 28.2 Å². The van der Waals surface area contributed by atoms with Crippen LogP contribution in [-0.2, 0) is 0 Å². The van der Waals surface area contributed by atoms with Gasteiger partial charge in [0.15, 0.2) is 5.65 Å². The number of benzene rings is 1. The Morgan fingerprint density at radius 2 is 2.00 bits per heavy atom. The molecule has 4 aromatic rings. The van der Waals surface area contributed by atoms with Crippen LogP contribution in [0.2, 0.25) is 0 Å².